The summed E-state index contributed by atoms with van der Waals surface area (Å²) in [6.45, 7) is 11.4. The number of hydrogen-bond donors (Lipinski definition) is 1. The Morgan fingerprint density at radius 1 is 1.00 bits per heavy atom. The minimum absolute atomic E-state index is 0.175. The van der Waals surface area contributed by atoms with Gasteiger partial charge in [-0.2, -0.15) is 0 Å². The van der Waals surface area contributed by atoms with Crippen LogP contribution in [-0.2, 0) is 0 Å². The van der Waals surface area contributed by atoms with Gasteiger partial charge in [0, 0.05) is 47.0 Å². The first-order valence-electron chi connectivity index (χ1n) is 8.92. The highest BCUT2D eigenvalue weighted by Gasteiger charge is 2.33. The summed E-state index contributed by atoms with van der Waals surface area (Å²) in [5.74, 6) is 0. The van der Waals surface area contributed by atoms with Gasteiger partial charge in [0.1, 0.15) is 0 Å². The summed E-state index contributed by atoms with van der Waals surface area (Å²) in [4.78, 5) is 5.20. The molecular weight excluding hydrogens is 348 g/mol. The van der Waals surface area contributed by atoms with Crippen LogP contribution < -0.4 is 5.32 Å². The molecule has 1 saturated heterocycles. The molecule has 1 aliphatic heterocycles. The van der Waals surface area contributed by atoms with Crippen LogP contribution in [0.15, 0.2) is 58.3 Å². The van der Waals surface area contributed by atoms with Gasteiger partial charge in [-0.25, -0.2) is 0 Å². The molecule has 2 aromatic rings. The smallest absolute Gasteiger partial charge is 0.0408 e. The molecule has 25 heavy (non-hydrogen) atoms. The topological polar surface area (TPSA) is 15.3 Å². The summed E-state index contributed by atoms with van der Waals surface area (Å²) in [6.07, 6.45) is 0. The van der Waals surface area contributed by atoms with E-state index in [1.165, 1.54) is 15.4 Å². The Bertz CT molecular complexity index is 688. The Hall–Kier alpha value is -1.00. The highest BCUT2D eigenvalue weighted by molar-refractivity contribution is 7.99. The highest BCUT2D eigenvalue weighted by Crippen LogP contribution is 2.43. The monoisotopic (exact) mass is 374 g/mol. The van der Waals surface area contributed by atoms with E-state index in [1.54, 1.807) is 0 Å². The van der Waals surface area contributed by atoms with Crippen LogP contribution in [0, 0.1) is 5.41 Å². The Morgan fingerprint density at radius 3 is 2.28 bits per heavy atom. The molecule has 0 unspecified atom stereocenters. The number of rotatable bonds is 4. The van der Waals surface area contributed by atoms with Crippen molar-refractivity contribution < 1.29 is 0 Å². The van der Waals surface area contributed by atoms with Crippen molar-refractivity contribution in [2.45, 2.75) is 36.6 Å². The molecule has 4 heteroatoms. The second-order valence-corrected chi connectivity index (χ2v) is 9.20. The van der Waals surface area contributed by atoms with Gasteiger partial charge in [-0.15, -0.1) is 0 Å². The highest BCUT2D eigenvalue weighted by atomic mass is 35.5. The minimum Gasteiger partial charge on any atom is -0.314 e. The molecule has 0 aromatic heterocycles. The fourth-order valence-corrected chi connectivity index (χ4v) is 4.68. The van der Waals surface area contributed by atoms with E-state index in [1.807, 2.05) is 23.9 Å². The predicted molar refractivity (Wildman–Crippen MR) is 109 cm³/mol. The van der Waals surface area contributed by atoms with Crippen molar-refractivity contribution in [2.24, 2.45) is 5.41 Å². The van der Waals surface area contributed by atoms with Crippen LogP contribution in [0.5, 0.6) is 0 Å². The average Bonchev–Trinajstić information content (AvgIpc) is 2.58. The molecule has 0 spiro atoms. The molecule has 134 valence electrons. The molecule has 0 bridgehead atoms. The first-order chi connectivity index (χ1) is 11.9. The van der Waals surface area contributed by atoms with Crippen molar-refractivity contribution in [1.29, 1.82) is 0 Å². The lowest BCUT2D eigenvalue weighted by Gasteiger charge is -2.43. The minimum atomic E-state index is 0.175. The van der Waals surface area contributed by atoms with Gasteiger partial charge in [0.15, 0.2) is 0 Å². The zero-order valence-corrected chi connectivity index (χ0v) is 16.8. The van der Waals surface area contributed by atoms with Crippen LogP contribution in [-0.4, -0.2) is 31.1 Å². The molecular formula is C21H27ClN2S. The normalized spacial score (nSPS) is 17.4. The van der Waals surface area contributed by atoms with Crippen LogP contribution >= 0.6 is 23.4 Å². The van der Waals surface area contributed by atoms with Gasteiger partial charge in [-0.3, -0.25) is 4.90 Å². The standard InChI is InChI=1S/C21H27ClN2S/c1-21(2,3)20(24-14-12-23-13-15-24)18-6-4-5-7-19(18)25-17-10-8-16(22)9-11-17/h4-11,20,23H,12-15H2,1-3H3/t20-/m1/s1. The van der Waals surface area contributed by atoms with Gasteiger partial charge in [0.2, 0.25) is 0 Å². The molecule has 1 atom stereocenters. The number of benzene rings is 2. The molecule has 0 radical (unpaired) electrons. The fraction of sp³-hybridized carbons (Fsp3) is 0.429. The first kappa shape index (κ1) is 18.8. The van der Waals surface area contributed by atoms with Crippen molar-refractivity contribution in [3.8, 4) is 0 Å². The third kappa shape index (κ3) is 4.79. The summed E-state index contributed by atoms with van der Waals surface area (Å²) in [5.41, 5.74) is 1.60. The number of nitrogens with one attached hydrogen (secondary N) is 1. The van der Waals surface area contributed by atoms with Gasteiger partial charge in [-0.1, -0.05) is 62.3 Å². The lowest BCUT2D eigenvalue weighted by atomic mass is 9.81. The van der Waals surface area contributed by atoms with Gasteiger partial charge in [0.05, 0.1) is 0 Å². The van der Waals surface area contributed by atoms with E-state index in [2.05, 4.69) is 67.4 Å². The zero-order chi connectivity index (χ0) is 17.9. The molecule has 2 aromatic carbocycles. The largest absolute Gasteiger partial charge is 0.314 e. The maximum Gasteiger partial charge on any atom is 0.0408 e. The van der Waals surface area contributed by atoms with E-state index in [4.69, 9.17) is 11.6 Å². The van der Waals surface area contributed by atoms with Gasteiger partial charge in [0.25, 0.3) is 0 Å². The molecule has 1 N–H and O–H groups in total. The van der Waals surface area contributed by atoms with E-state index < -0.39 is 0 Å². The maximum atomic E-state index is 6.04. The van der Waals surface area contributed by atoms with Crippen molar-refractivity contribution in [2.75, 3.05) is 26.2 Å². The van der Waals surface area contributed by atoms with Gasteiger partial charge < -0.3 is 5.32 Å². The van der Waals surface area contributed by atoms with Crippen molar-refractivity contribution in [3.05, 3.63) is 59.1 Å². The average molecular weight is 375 g/mol. The Balaban J connectivity index is 1.94. The SMILES string of the molecule is CC(C)(C)[C@@H](c1ccccc1Sc1ccc(Cl)cc1)N1CCNCC1. The molecule has 3 rings (SSSR count). The third-order valence-electron chi connectivity index (χ3n) is 4.59. The van der Waals surface area contributed by atoms with E-state index >= 15 is 0 Å². The van der Waals surface area contributed by atoms with Gasteiger partial charge >= 0.3 is 0 Å². The molecule has 1 aliphatic rings. The Kier molecular flexibility index (Phi) is 6.11. The van der Waals surface area contributed by atoms with Crippen LogP contribution in [0.3, 0.4) is 0 Å². The van der Waals surface area contributed by atoms with E-state index in [0.29, 0.717) is 6.04 Å². The van der Waals surface area contributed by atoms with E-state index in [9.17, 15) is 0 Å². The fourth-order valence-electron chi connectivity index (χ4n) is 3.58. The summed E-state index contributed by atoms with van der Waals surface area (Å²) >= 11 is 7.87. The van der Waals surface area contributed by atoms with E-state index in [0.717, 1.165) is 31.2 Å². The van der Waals surface area contributed by atoms with E-state index in [-0.39, 0.29) is 5.41 Å². The molecule has 1 heterocycles. The van der Waals surface area contributed by atoms with Crippen LogP contribution in [0.25, 0.3) is 0 Å². The number of piperazine rings is 1. The summed E-state index contributed by atoms with van der Waals surface area (Å²) in [6, 6.07) is 17.4. The molecule has 1 fully saturated rings. The summed E-state index contributed by atoms with van der Waals surface area (Å²) in [5, 5.41) is 4.26. The van der Waals surface area contributed by atoms with Gasteiger partial charge in [-0.05, 0) is 41.3 Å². The number of hydrogen-bond acceptors (Lipinski definition) is 3. The second kappa shape index (κ2) is 8.13. The van der Waals surface area contributed by atoms with Crippen molar-refractivity contribution in [1.82, 2.24) is 10.2 Å². The quantitative estimate of drug-likeness (QED) is 0.762. The van der Waals surface area contributed by atoms with Crippen LogP contribution in [0.4, 0.5) is 0 Å². The molecule has 2 nitrogen and oxygen atoms in total. The second-order valence-electron chi connectivity index (χ2n) is 7.65. The summed E-state index contributed by atoms with van der Waals surface area (Å²) < 4.78 is 0. The van der Waals surface area contributed by atoms with Crippen molar-refractivity contribution in [3.63, 3.8) is 0 Å². The van der Waals surface area contributed by atoms with Crippen molar-refractivity contribution >= 4 is 23.4 Å². The maximum absolute atomic E-state index is 6.04. The molecule has 0 saturated carbocycles. The lowest BCUT2D eigenvalue weighted by molar-refractivity contribution is 0.0844. The lowest BCUT2D eigenvalue weighted by Crippen LogP contribution is -2.48. The third-order valence-corrected chi connectivity index (χ3v) is 5.94. The number of halogens is 1. The Labute approximate surface area is 161 Å². The molecule has 0 aliphatic carbocycles. The Morgan fingerprint density at radius 2 is 1.64 bits per heavy atom. The van der Waals surface area contributed by atoms with Crippen LogP contribution in [0.2, 0.25) is 5.02 Å². The zero-order valence-electron chi connectivity index (χ0n) is 15.3. The van der Waals surface area contributed by atoms with Crippen LogP contribution in [0.1, 0.15) is 32.4 Å². The number of nitrogens with zero attached hydrogens (tertiary/aromatic N) is 1. The summed E-state index contributed by atoms with van der Waals surface area (Å²) in [7, 11) is 0. The first-order valence-corrected chi connectivity index (χ1v) is 10.1. The molecule has 0 amide bonds. The predicted octanol–water partition coefficient (Wildman–Crippen LogP) is 5.48.